The van der Waals surface area contributed by atoms with E-state index in [4.69, 9.17) is 11.2 Å². The van der Waals surface area contributed by atoms with Crippen LogP contribution < -0.4 is 0 Å². The first-order valence-corrected chi connectivity index (χ1v) is 8.47. The van der Waals surface area contributed by atoms with Crippen molar-refractivity contribution in [2.24, 2.45) is 0 Å². The lowest BCUT2D eigenvalue weighted by Crippen LogP contribution is -2.51. The minimum atomic E-state index is -1.75. The van der Waals surface area contributed by atoms with E-state index in [1.807, 2.05) is 20.8 Å². The van der Waals surface area contributed by atoms with Crippen molar-refractivity contribution in [3.8, 4) is 12.3 Å². The van der Waals surface area contributed by atoms with Gasteiger partial charge in [-0.05, 0) is 20.8 Å². The summed E-state index contributed by atoms with van der Waals surface area (Å²) in [7, 11) is -1.75. The molecule has 0 N–H and O–H groups in total. The maximum atomic E-state index is 11.8. The third-order valence-electron chi connectivity index (χ3n) is 1.67. The molecule has 0 aromatic rings. The van der Waals surface area contributed by atoms with Crippen molar-refractivity contribution in [2.75, 3.05) is 6.54 Å². The van der Waals surface area contributed by atoms with Crippen LogP contribution in [0.3, 0.4) is 0 Å². The second kappa shape index (κ2) is 4.71. The Labute approximate surface area is 93.9 Å². The highest BCUT2D eigenvalue weighted by Gasteiger charge is 2.31. The summed E-state index contributed by atoms with van der Waals surface area (Å²) < 4.78 is 6.98. The van der Waals surface area contributed by atoms with Crippen LogP contribution in [0, 0.1) is 12.3 Å². The van der Waals surface area contributed by atoms with Gasteiger partial charge in [-0.15, -0.1) is 6.42 Å². The van der Waals surface area contributed by atoms with Gasteiger partial charge in [-0.3, -0.25) is 0 Å². The third-order valence-corrected chi connectivity index (χ3v) is 3.63. The first kappa shape index (κ1) is 14.0. The molecule has 0 atom stereocenters. The lowest BCUT2D eigenvalue weighted by Gasteiger charge is -2.34. The smallest absolute Gasteiger partial charge is 0.402 e. The van der Waals surface area contributed by atoms with Crippen LogP contribution in [0.2, 0.25) is 19.6 Å². The molecule has 3 nitrogen and oxygen atoms in total. The molecular formula is C11H21NO2Si. The van der Waals surface area contributed by atoms with Gasteiger partial charge in [0.25, 0.3) is 0 Å². The second-order valence-electron chi connectivity index (χ2n) is 5.44. The largest absolute Gasteiger partial charge is 0.444 e. The Hall–Kier alpha value is -0.953. The first-order valence-electron chi connectivity index (χ1n) is 5.02. The third kappa shape index (κ3) is 5.48. The van der Waals surface area contributed by atoms with Crippen LogP contribution >= 0.6 is 0 Å². The van der Waals surface area contributed by atoms with Crippen LogP contribution in [-0.4, -0.2) is 31.0 Å². The Balaban J connectivity index is 4.67. The van der Waals surface area contributed by atoms with Crippen molar-refractivity contribution in [3.63, 3.8) is 0 Å². The van der Waals surface area contributed by atoms with Crippen LogP contribution in [0.5, 0.6) is 0 Å². The predicted octanol–water partition coefficient (Wildman–Crippen LogP) is 2.69. The molecule has 0 aromatic carbocycles. The van der Waals surface area contributed by atoms with E-state index in [1.165, 1.54) is 0 Å². The van der Waals surface area contributed by atoms with Crippen molar-refractivity contribution in [1.82, 2.24) is 4.57 Å². The molecule has 15 heavy (non-hydrogen) atoms. The molecule has 0 rings (SSSR count). The van der Waals surface area contributed by atoms with Gasteiger partial charge in [-0.2, -0.15) is 0 Å². The van der Waals surface area contributed by atoms with Crippen LogP contribution in [0.1, 0.15) is 20.8 Å². The molecule has 86 valence electrons. The minimum absolute atomic E-state index is 0.306. The van der Waals surface area contributed by atoms with Crippen molar-refractivity contribution in [1.29, 1.82) is 0 Å². The molecule has 0 aliphatic heterocycles. The standard InChI is InChI=1S/C11H21NO2Si/c1-8-9-12(15(5,6)7)10(13)14-11(2,3)4/h1H,9H2,2-7H3. The molecule has 0 heterocycles. The fourth-order valence-electron chi connectivity index (χ4n) is 0.984. The van der Waals surface area contributed by atoms with Crippen LogP contribution in [0.15, 0.2) is 0 Å². The van der Waals surface area contributed by atoms with Gasteiger partial charge in [-0.25, -0.2) is 4.79 Å². The second-order valence-corrected chi connectivity index (χ2v) is 10.3. The summed E-state index contributed by atoms with van der Waals surface area (Å²) in [6.45, 7) is 12.1. The molecular weight excluding hydrogens is 206 g/mol. The zero-order chi connectivity index (χ0) is 12.3. The molecule has 0 aromatic heterocycles. The SMILES string of the molecule is C#CCN(C(=O)OC(C)(C)C)[Si](C)(C)C. The van der Waals surface area contributed by atoms with E-state index in [2.05, 4.69) is 25.6 Å². The number of carbonyl (C=O) groups is 1. The number of nitrogens with zero attached hydrogens (tertiary/aromatic N) is 1. The molecule has 0 aliphatic carbocycles. The highest BCUT2D eigenvalue weighted by molar-refractivity contribution is 6.75. The van der Waals surface area contributed by atoms with E-state index in [-0.39, 0.29) is 6.09 Å². The van der Waals surface area contributed by atoms with E-state index < -0.39 is 13.8 Å². The molecule has 1 amide bonds. The first-order chi connectivity index (χ1) is 6.58. The summed E-state index contributed by atoms with van der Waals surface area (Å²) in [4.78, 5) is 11.8. The van der Waals surface area contributed by atoms with Crippen molar-refractivity contribution in [2.45, 2.75) is 46.0 Å². The lowest BCUT2D eigenvalue weighted by molar-refractivity contribution is 0.0391. The van der Waals surface area contributed by atoms with E-state index in [1.54, 1.807) is 4.57 Å². The Morgan fingerprint density at radius 3 is 2.13 bits per heavy atom. The summed E-state index contributed by atoms with van der Waals surface area (Å²) in [5, 5.41) is 0. The molecule has 0 radical (unpaired) electrons. The normalized spacial score (nSPS) is 11.8. The van der Waals surface area contributed by atoms with E-state index >= 15 is 0 Å². The zero-order valence-corrected chi connectivity index (χ0v) is 11.5. The highest BCUT2D eigenvalue weighted by Crippen LogP contribution is 2.15. The number of amides is 1. The monoisotopic (exact) mass is 227 g/mol. The highest BCUT2D eigenvalue weighted by atomic mass is 28.3. The zero-order valence-electron chi connectivity index (χ0n) is 10.5. The Kier molecular flexibility index (Phi) is 4.41. The fraction of sp³-hybridized carbons (Fsp3) is 0.727. The summed E-state index contributed by atoms with van der Waals surface area (Å²) in [5.41, 5.74) is -0.469. The van der Waals surface area contributed by atoms with Gasteiger partial charge >= 0.3 is 6.09 Å². The number of hydrogen-bond acceptors (Lipinski definition) is 2. The number of rotatable bonds is 2. The molecule has 0 saturated heterocycles. The molecule has 0 bridgehead atoms. The number of ether oxygens (including phenoxy) is 1. The molecule has 4 heteroatoms. The van der Waals surface area contributed by atoms with Crippen molar-refractivity contribution >= 4 is 14.3 Å². The van der Waals surface area contributed by atoms with Gasteiger partial charge < -0.3 is 9.30 Å². The molecule has 0 unspecified atom stereocenters. The maximum absolute atomic E-state index is 11.8. The average Bonchev–Trinajstić information content (AvgIpc) is 1.93. The van der Waals surface area contributed by atoms with Gasteiger partial charge in [0.1, 0.15) is 5.60 Å². The van der Waals surface area contributed by atoms with E-state index in [9.17, 15) is 4.79 Å². The average molecular weight is 227 g/mol. The van der Waals surface area contributed by atoms with Crippen LogP contribution in [0.4, 0.5) is 4.79 Å². The molecule has 0 aliphatic rings. The topological polar surface area (TPSA) is 29.5 Å². The summed E-state index contributed by atoms with van der Waals surface area (Å²) in [6, 6.07) is 0. The quantitative estimate of drug-likeness (QED) is 0.536. The number of carbonyl (C=O) groups excluding carboxylic acids is 1. The summed E-state index contributed by atoms with van der Waals surface area (Å²) >= 11 is 0. The number of hydrogen-bond donors (Lipinski definition) is 0. The summed E-state index contributed by atoms with van der Waals surface area (Å²) in [6.07, 6.45) is 4.94. The van der Waals surface area contributed by atoms with Gasteiger partial charge in [-0.1, -0.05) is 25.6 Å². The Morgan fingerprint density at radius 1 is 1.40 bits per heavy atom. The van der Waals surface area contributed by atoms with Crippen molar-refractivity contribution < 1.29 is 9.53 Å². The van der Waals surface area contributed by atoms with Gasteiger partial charge in [0, 0.05) is 0 Å². The van der Waals surface area contributed by atoms with E-state index in [0.29, 0.717) is 6.54 Å². The maximum Gasteiger partial charge on any atom is 0.402 e. The Morgan fingerprint density at radius 2 is 1.87 bits per heavy atom. The molecule has 0 spiro atoms. The fourth-order valence-corrected chi connectivity index (χ4v) is 2.14. The molecule has 0 saturated carbocycles. The number of terminal acetylenes is 1. The van der Waals surface area contributed by atoms with Gasteiger partial charge in [0.2, 0.25) is 0 Å². The summed E-state index contributed by atoms with van der Waals surface area (Å²) in [5.74, 6) is 2.50. The van der Waals surface area contributed by atoms with Crippen LogP contribution in [0.25, 0.3) is 0 Å². The van der Waals surface area contributed by atoms with Crippen molar-refractivity contribution in [3.05, 3.63) is 0 Å². The van der Waals surface area contributed by atoms with E-state index in [0.717, 1.165) is 0 Å². The van der Waals surface area contributed by atoms with Crippen LogP contribution in [-0.2, 0) is 4.74 Å². The molecule has 0 fully saturated rings. The predicted molar refractivity (Wildman–Crippen MR) is 65.1 cm³/mol. The lowest BCUT2D eigenvalue weighted by atomic mass is 10.2. The van der Waals surface area contributed by atoms with Gasteiger partial charge in [0.05, 0.1) is 6.54 Å². The van der Waals surface area contributed by atoms with Gasteiger partial charge in [0.15, 0.2) is 8.24 Å². The minimum Gasteiger partial charge on any atom is -0.444 e. The Bertz CT molecular complexity index is 268.